The van der Waals surface area contributed by atoms with Crippen LogP contribution < -0.4 is 5.32 Å². The number of piperazine rings is 1. The Bertz CT molecular complexity index is 1620. The van der Waals surface area contributed by atoms with Gasteiger partial charge in [-0.25, -0.2) is 14.6 Å². The molecule has 3 aliphatic rings. The summed E-state index contributed by atoms with van der Waals surface area (Å²) >= 11 is 6.67. The van der Waals surface area contributed by atoms with Crippen LogP contribution in [-0.4, -0.2) is 74.9 Å². The van der Waals surface area contributed by atoms with Crippen LogP contribution in [0.2, 0.25) is 5.02 Å². The van der Waals surface area contributed by atoms with Gasteiger partial charge in [-0.3, -0.25) is 9.88 Å². The summed E-state index contributed by atoms with van der Waals surface area (Å²) < 4.78 is 13.3. The normalized spacial score (nSPS) is 19.8. The van der Waals surface area contributed by atoms with E-state index >= 15 is 0 Å². The minimum absolute atomic E-state index is 0.0995. The zero-order valence-corrected chi connectivity index (χ0v) is 27.3. The van der Waals surface area contributed by atoms with Gasteiger partial charge in [-0.1, -0.05) is 44.5 Å². The highest BCUT2D eigenvalue weighted by Crippen LogP contribution is 2.45. The van der Waals surface area contributed by atoms with E-state index in [-0.39, 0.29) is 17.6 Å². The van der Waals surface area contributed by atoms with Crippen LogP contribution in [0.1, 0.15) is 80.7 Å². The number of rotatable bonds is 6. The lowest BCUT2D eigenvalue weighted by Gasteiger charge is -2.39. The number of benzene rings is 1. The average Bonchev–Trinajstić information content (AvgIpc) is 3.60. The predicted molar refractivity (Wildman–Crippen MR) is 173 cm³/mol. The van der Waals surface area contributed by atoms with Crippen molar-refractivity contribution < 1.29 is 19.1 Å². The van der Waals surface area contributed by atoms with Crippen molar-refractivity contribution in [2.24, 2.45) is 12.5 Å². The molecule has 11 heteroatoms. The third-order valence-corrected chi connectivity index (χ3v) is 8.88. The van der Waals surface area contributed by atoms with Crippen LogP contribution >= 0.6 is 11.6 Å². The molecule has 238 valence electrons. The average molecular weight is 633 g/mol. The first-order chi connectivity index (χ1) is 21.4. The molecule has 0 bridgehead atoms. The fourth-order valence-electron chi connectivity index (χ4n) is 5.94. The lowest BCUT2D eigenvalue weighted by molar-refractivity contribution is 0.0494. The van der Waals surface area contributed by atoms with Crippen molar-refractivity contribution in [2.75, 3.05) is 32.8 Å². The molecule has 3 aromatic rings. The van der Waals surface area contributed by atoms with Gasteiger partial charge in [0.2, 0.25) is 0 Å². The van der Waals surface area contributed by atoms with Crippen LogP contribution in [0.4, 0.5) is 9.59 Å². The van der Waals surface area contributed by atoms with E-state index in [0.29, 0.717) is 37.8 Å². The maximum absolute atomic E-state index is 13.3. The smallest absolute Gasteiger partial charge is 0.409 e. The van der Waals surface area contributed by atoms with Crippen LogP contribution in [0.25, 0.3) is 11.6 Å². The van der Waals surface area contributed by atoms with Crippen LogP contribution in [0, 0.1) is 5.41 Å². The van der Waals surface area contributed by atoms with E-state index in [9.17, 15) is 9.59 Å². The zero-order valence-electron chi connectivity index (χ0n) is 26.5. The van der Waals surface area contributed by atoms with Crippen molar-refractivity contribution in [2.45, 2.75) is 58.2 Å². The molecule has 1 aromatic carbocycles. The zero-order chi connectivity index (χ0) is 31.9. The van der Waals surface area contributed by atoms with Gasteiger partial charge in [0.15, 0.2) is 0 Å². The summed E-state index contributed by atoms with van der Waals surface area (Å²) in [5.41, 5.74) is 4.89. The molecule has 2 aromatic heterocycles. The van der Waals surface area contributed by atoms with E-state index in [1.165, 1.54) is 0 Å². The highest BCUT2D eigenvalue weighted by molar-refractivity contribution is 6.30. The van der Waals surface area contributed by atoms with E-state index in [1.54, 1.807) is 17.4 Å². The van der Waals surface area contributed by atoms with Crippen molar-refractivity contribution in [3.05, 3.63) is 82.2 Å². The molecule has 2 fully saturated rings. The monoisotopic (exact) mass is 632 g/mol. The maximum Gasteiger partial charge on any atom is 0.409 e. The Morgan fingerprint density at radius 1 is 1.16 bits per heavy atom. The first-order valence-corrected chi connectivity index (χ1v) is 15.9. The number of amides is 2. The van der Waals surface area contributed by atoms with Gasteiger partial charge in [-0.05, 0) is 71.7 Å². The fourth-order valence-corrected chi connectivity index (χ4v) is 6.11. The van der Waals surface area contributed by atoms with Gasteiger partial charge in [0.1, 0.15) is 5.60 Å². The number of aromatic nitrogens is 3. The van der Waals surface area contributed by atoms with Crippen molar-refractivity contribution in [3.8, 4) is 0 Å². The summed E-state index contributed by atoms with van der Waals surface area (Å²) in [6, 6.07) is 9.09. The standard InChI is InChI=1S/C34H41ClN6O4/c1-33(2,3)20-44-32(43)41-15-13-40(14-16-41)30-24-9-8-23(35)18-25(24)26(17-22-7-6-12-37-28(22)30)29(27-19-36-21-39(27)5)38-31(42)45-34(4)10-11-34/h6-9,12,17-19,21,29-30H,10-11,13-16,20H2,1-5H3,(H,38,42). The number of ether oxygens (including phenoxy) is 2. The van der Waals surface area contributed by atoms with Gasteiger partial charge in [-0.2, -0.15) is 0 Å². The summed E-state index contributed by atoms with van der Waals surface area (Å²) in [6.07, 6.45) is 8.32. The van der Waals surface area contributed by atoms with Crippen LogP contribution in [0.5, 0.6) is 0 Å². The number of halogens is 1. The molecule has 45 heavy (non-hydrogen) atoms. The molecule has 2 aliphatic carbocycles. The van der Waals surface area contributed by atoms with Crippen molar-refractivity contribution >= 4 is 35.4 Å². The molecule has 1 saturated heterocycles. The van der Waals surface area contributed by atoms with E-state index in [4.69, 9.17) is 26.1 Å². The van der Waals surface area contributed by atoms with Crippen LogP contribution in [0.15, 0.2) is 49.1 Å². The Morgan fingerprint density at radius 2 is 1.91 bits per heavy atom. The van der Waals surface area contributed by atoms with Crippen LogP contribution in [-0.2, 0) is 16.5 Å². The molecule has 0 radical (unpaired) electrons. The van der Waals surface area contributed by atoms with Gasteiger partial charge >= 0.3 is 12.2 Å². The number of pyridine rings is 1. The number of hydrogen-bond donors (Lipinski definition) is 1. The van der Waals surface area contributed by atoms with Crippen molar-refractivity contribution in [1.82, 2.24) is 29.7 Å². The number of nitrogens with zero attached hydrogens (tertiary/aromatic N) is 5. The Balaban J connectivity index is 1.37. The highest BCUT2D eigenvalue weighted by atomic mass is 35.5. The largest absolute Gasteiger partial charge is 0.449 e. The van der Waals surface area contributed by atoms with E-state index in [1.807, 2.05) is 75.8 Å². The number of hydrogen-bond acceptors (Lipinski definition) is 7. The molecule has 1 aliphatic heterocycles. The van der Waals surface area contributed by atoms with E-state index < -0.39 is 17.7 Å². The predicted octanol–water partition coefficient (Wildman–Crippen LogP) is 6.23. The molecular weight excluding hydrogens is 592 g/mol. The Labute approximate surface area is 269 Å². The number of carbonyl (C=O) groups is 2. The third-order valence-electron chi connectivity index (χ3n) is 8.64. The number of aryl methyl sites for hydroxylation is 1. The molecule has 0 spiro atoms. The lowest BCUT2D eigenvalue weighted by Crippen LogP contribution is -2.50. The van der Waals surface area contributed by atoms with E-state index in [0.717, 1.165) is 46.5 Å². The summed E-state index contributed by atoms with van der Waals surface area (Å²) in [5, 5.41) is 3.74. The topological polar surface area (TPSA) is 102 Å². The second kappa shape index (κ2) is 12.1. The summed E-state index contributed by atoms with van der Waals surface area (Å²) in [4.78, 5) is 39.5. The van der Waals surface area contributed by atoms with Gasteiger partial charge in [0.25, 0.3) is 0 Å². The molecule has 1 saturated carbocycles. The highest BCUT2D eigenvalue weighted by Gasteiger charge is 2.43. The fraction of sp³-hybridized carbons (Fsp3) is 0.471. The van der Waals surface area contributed by atoms with Gasteiger partial charge in [0, 0.05) is 44.4 Å². The molecule has 2 unspecified atom stereocenters. The number of carbonyl (C=O) groups excluding carboxylic acids is 2. The van der Waals surface area contributed by atoms with E-state index in [2.05, 4.69) is 21.3 Å². The number of alkyl carbamates (subject to hydrolysis) is 1. The van der Waals surface area contributed by atoms with Crippen molar-refractivity contribution in [3.63, 3.8) is 0 Å². The summed E-state index contributed by atoms with van der Waals surface area (Å²) in [7, 11) is 1.91. The minimum atomic E-state index is -0.578. The Hall–Kier alpha value is -3.89. The molecule has 6 rings (SSSR count). The first kappa shape index (κ1) is 31.1. The number of imidazole rings is 1. The number of nitrogens with one attached hydrogen (secondary N) is 1. The molecule has 10 nitrogen and oxygen atoms in total. The third kappa shape index (κ3) is 6.87. The molecule has 1 N–H and O–H groups in total. The Kier molecular flexibility index (Phi) is 8.39. The quantitative estimate of drug-likeness (QED) is 0.344. The van der Waals surface area contributed by atoms with Gasteiger partial charge in [0.05, 0.1) is 42.6 Å². The van der Waals surface area contributed by atoms with Gasteiger partial charge < -0.3 is 24.3 Å². The first-order valence-electron chi connectivity index (χ1n) is 15.5. The van der Waals surface area contributed by atoms with Crippen molar-refractivity contribution in [1.29, 1.82) is 0 Å². The number of fused-ring (bicyclic) bond motifs is 2. The maximum atomic E-state index is 13.3. The molecule has 2 atom stereocenters. The summed E-state index contributed by atoms with van der Waals surface area (Å²) in [5.74, 6) is 0. The molecular formula is C34H41ClN6O4. The second-order valence-corrected chi connectivity index (χ2v) is 14.1. The lowest BCUT2D eigenvalue weighted by atomic mass is 9.90. The Morgan fingerprint density at radius 3 is 2.58 bits per heavy atom. The molecule has 3 heterocycles. The minimum Gasteiger partial charge on any atom is -0.449 e. The SMILES string of the molecule is Cn1cncc1C(NC(=O)OC1(C)CC1)C1=Cc2cccnc2C(N2CCN(C(=O)OCC(C)(C)C)CC2)c2ccc(Cl)cc21. The van der Waals surface area contributed by atoms with Gasteiger partial charge in [-0.15, -0.1) is 0 Å². The second-order valence-electron chi connectivity index (χ2n) is 13.7. The van der Waals surface area contributed by atoms with Crippen LogP contribution in [0.3, 0.4) is 0 Å². The summed E-state index contributed by atoms with van der Waals surface area (Å²) in [6.45, 7) is 10.8. The molecule has 2 amide bonds.